The molecule has 3 heteroatoms. The average Bonchev–Trinajstić information content (AvgIpc) is 2.18. The number of hydrogen-bond acceptors (Lipinski definition) is 3. The van der Waals surface area contributed by atoms with Crippen LogP contribution in [-0.2, 0) is 0 Å². The van der Waals surface area contributed by atoms with Crippen LogP contribution in [0, 0.1) is 18.8 Å². The molecule has 0 amide bonds. The van der Waals surface area contributed by atoms with Gasteiger partial charge in [0.2, 0.25) is 5.88 Å². The standard InChI is InChI=1S/C11H14N2O/c1-9-7-10(5-3-4-6-12)8-13-11(9)14-2/h7-8H,4,6,12H2,1-2H3. The molecule has 0 aromatic carbocycles. The lowest BCUT2D eigenvalue weighted by molar-refractivity contribution is 0.394. The van der Waals surface area contributed by atoms with E-state index in [0.717, 1.165) is 11.1 Å². The number of ether oxygens (including phenoxy) is 1. The van der Waals surface area contributed by atoms with E-state index in [1.165, 1.54) is 0 Å². The molecular formula is C11H14N2O. The van der Waals surface area contributed by atoms with Crippen molar-refractivity contribution < 1.29 is 4.74 Å². The minimum absolute atomic E-state index is 0.593. The van der Waals surface area contributed by atoms with Gasteiger partial charge in [0.1, 0.15) is 0 Å². The summed E-state index contributed by atoms with van der Waals surface area (Å²) >= 11 is 0. The van der Waals surface area contributed by atoms with Gasteiger partial charge in [-0.15, -0.1) is 0 Å². The zero-order chi connectivity index (χ0) is 10.4. The first-order valence-electron chi connectivity index (χ1n) is 4.47. The lowest BCUT2D eigenvalue weighted by Gasteiger charge is -2.01. The molecule has 74 valence electrons. The summed E-state index contributed by atoms with van der Waals surface area (Å²) in [6.07, 6.45) is 2.42. The van der Waals surface area contributed by atoms with Gasteiger partial charge in [0.15, 0.2) is 0 Å². The molecule has 0 atom stereocenters. The number of hydrogen-bond donors (Lipinski definition) is 1. The maximum Gasteiger partial charge on any atom is 0.215 e. The third-order valence-corrected chi connectivity index (χ3v) is 1.73. The number of rotatable bonds is 2. The molecule has 0 bridgehead atoms. The quantitative estimate of drug-likeness (QED) is 0.710. The smallest absolute Gasteiger partial charge is 0.215 e. The summed E-state index contributed by atoms with van der Waals surface area (Å²) in [5.74, 6) is 6.60. The first kappa shape index (κ1) is 10.6. The molecule has 1 rings (SSSR count). The second-order valence-corrected chi connectivity index (χ2v) is 2.89. The zero-order valence-electron chi connectivity index (χ0n) is 8.50. The van der Waals surface area contributed by atoms with Crippen LogP contribution < -0.4 is 10.5 Å². The first-order valence-corrected chi connectivity index (χ1v) is 4.47. The van der Waals surface area contributed by atoms with E-state index in [1.54, 1.807) is 13.3 Å². The largest absolute Gasteiger partial charge is 0.481 e. The number of nitrogens with two attached hydrogens (primary N) is 1. The van der Waals surface area contributed by atoms with Crippen LogP contribution in [0.3, 0.4) is 0 Å². The second-order valence-electron chi connectivity index (χ2n) is 2.89. The van der Waals surface area contributed by atoms with E-state index in [4.69, 9.17) is 10.5 Å². The first-order chi connectivity index (χ1) is 6.77. The summed E-state index contributed by atoms with van der Waals surface area (Å²) in [6, 6.07) is 1.95. The highest BCUT2D eigenvalue weighted by atomic mass is 16.5. The van der Waals surface area contributed by atoms with Gasteiger partial charge in [-0.05, 0) is 13.0 Å². The van der Waals surface area contributed by atoms with Gasteiger partial charge in [0.25, 0.3) is 0 Å². The van der Waals surface area contributed by atoms with E-state index in [9.17, 15) is 0 Å². The highest BCUT2D eigenvalue weighted by Crippen LogP contribution is 2.13. The van der Waals surface area contributed by atoms with E-state index in [0.29, 0.717) is 18.8 Å². The van der Waals surface area contributed by atoms with E-state index >= 15 is 0 Å². The van der Waals surface area contributed by atoms with Gasteiger partial charge in [-0.25, -0.2) is 4.98 Å². The second kappa shape index (κ2) is 5.25. The maximum atomic E-state index is 5.33. The predicted molar refractivity (Wildman–Crippen MR) is 56.1 cm³/mol. The molecule has 1 aromatic rings. The van der Waals surface area contributed by atoms with Crippen molar-refractivity contribution in [3.05, 3.63) is 23.4 Å². The zero-order valence-corrected chi connectivity index (χ0v) is 8.50. The molecule has 0 spiro atoms. The van der Waals surface area contributed by atoms with Crippen molar-refractivity contribution in [3.8, 4) is 17.7 Å². The van der Waals surface area contributed by atoms with Gasteiger partial charge in [-0.2, -0.15) is 0 Å². The Morgan fingerprint density at radius 1 is 1.57 bits per heavy atom. The summed E-state index contributed by atoms with van der Waals surface area (Å²) < 4.78 is 5.05. The normalized spacial score (nSPS) is 9.07. The van der Waals surface area contributed by atoms with Crippen LogP contribution in [-0.4, -0.2) is 18.6 Å². The molecule has 14 heavy (non-hydrogen) atoms. The van der Waals surface area contributed by atoms with Crippen molar-refractivity contribution in [1.29, 1.82) is 0 Å². The third-order valence-electron chi connectivity index (χ3n) is 1.73. The summed E-state index contributed by atoms with van der Waals surface area (Å²) in [6.45, 7) is 2.54. The molecule has 2 N–H and O–H groups in total. The highest BCUT2D eigenvalue weighted by molar-refractivity contribution is 5.38. The number of aryl methyl sites for hydroxylation is 1. The van der Waals surface area contributed by atoms with Gasteiger partial charge >= 0.3 is 0 Å². The van der Waals surface area contributed by atoms with E-state index in [2.05, 4.69) is 16.8 Å². The van der Waals surface area contributed by atoms with Crippen LogP contribution in [0.1, 0.15) is 17.5 Å². The number of aromatic nitrogens is 1. The van der Waals surface area contributed by atoms with Gasteiger partial charge in [0, 0.05) is 30.3 Å². The fourth-order valence-electron chi connectivity index (χ4n) is 1.08. The molecule has 1 aromatic heterocycles. The molecule has 0 unspecified atom stereocenters. The lowest BCUT2D eigenvalue weighted by atomic mass is 10.2. The van der Waals surface area contributed by atoms with Crippen LogP contribution in [0.15, 0.2) is 12.3 Å². The molecule has 3 nitrogen and oxygen atoms in total. The Bertz CT molecular complexity index is 363. The van der Waals surface area contributed by atoms with Crippen molar-refractivity contribution in [2.24, 2.45) is 5.73 Å². The number of methoxy groups -OCH3 is 1. The SMILES string of the molecule is COc1ncc(C#CCCN)cc1C. The minimum atomic E-state index is 0.593. The van der Waals surface area contributed by atoms with Crippen molar-refractivity contribution in [2.75, 3.05) is 13.7 Å². The van der Waals surface area contributed by atoms with Gasteiger partial charge < -0.3 is 10.5 Å². The Balaban J connectivity index is 2.82. The molecule has 0 saturated heterocycles. The third kappa shape index (κ3) is 2.75. The van der Waals surface area contributed by atoms with Gasteiger partial charge in [-0.3, -0.25) is 0 Å². The minimum Gasteiger partial charge on any atom is -0.481 e. The highest BCUT2D eigenvalue weighted by Gasteiger charge is 1.98. The maximum absolute atomic E-state index is 5.33. The van der Waals surface area contributed by atoms with Crippen molar-refractivity contribution in [2.45, 2.75) is 13.3 Å². The van der Waals surface area contributed by atoms with Crippen molar-refractivity contribution in [3.63, 3.8) is 0 Å². The number of pyridine rings is 1. The monoisotopic (exact) mass is 190 g/mol. The van der Waals surface area contributed by atoms with Crippen LogP contribution in [0.4, 0.5) is 0 Å². The molecule has 1 heterocycles. The van der Waals surface area contributed by atoms with Crippen LogP contribution in [0.2, 0.25) is 0 Å². The molecule has 0 radical (unpaired) electrons. The summed E-state index contributed by atoms with van der Waals surface area (Å²) in [4.78, 5) is 4.12. The van der Waals surface area contributed by atoms with Crippen LogP contribution in [0.25, 0.3) is 0 Å². The van der Waals surface area contributed by atoms with Crippen molar-refractivity contribution >= 4 is 0 Å². The lowest BCUT2D eigenvalue weighted by Crippen LogP contribution is -1.95. The fourth-order valence-corrected chi connectivity index (χ4v) is 1.08. The summed E-state index contributed by atoms with van der Waals surface area (Å²) in [7, 11) is 1.61. The van der Waals surface area contributed by atoms with Gasteiger partial charge in [-0.1, -0.05) is 11.8 Å². The fraction of sp³-hybridized carbons (Fsp3) is 0.364. The van der Waals surface area contributed by atoms with E-state index < -0.39 is 0 Å². The Labute approximate surface area is 84.3 Å². The molecule has 0 aliphatic rings. The predicted octanol–water partition coefficient (Wildman–Crippen LogP) is 1.10. The van der Waals surface area contributed by atoms with E-state index in [1.807, 2.05) is 13.0 Å². The molecule has 0 aliphatic heterocycles. The topological polar surface area (TPSA) is 48.1 Å². The summed E-state index contributed by atoms with van der Waals surface area (Å²) in [5.41, 5.74) is 7.22. The molecule has 0 saturated carbocycles. The van der Waals surface area contributed by atoms with Crippen LogP contribution in [0.5, 0.6) is 5.88 Å². The number of nitrogens with zero attached hydrogens (tertiary/aromatic N) is 1. The van der Waals surface area contributed by atoms with E-state index in [-0.39, 0.29) is 0 Å². The molecule has 0 fully saturated rings. The average molecular weight is 190 g/mol. The Kier molecular flexibility index (Phi) is 3.96. The molecule has 0 aliphatic carbocycles. The summed E-state index contributed by atoms with van der Waals surface area (Å²) in [5, 5.41) is 0. The van der Waals surface area contributed by atoms with Gasteiger partial charge in [0.05, 0.1) is 7.11 Å². The molecular weight excluding hydrogens is 176 g/mol. The Morgan fingerprint density at radius 3 is 2.93 bits per heavy atom. The Hall–Kier alpha value is -1.53. The van der Waals surface area contributed by atoms with Crippen LogP contribution >= 0.6 is 0 Å². The van der Waals surface area contributed by atoms with Crippen molar-refractivity contribution in [1.82, 2.24) is 4.98 Å². The Morgan fingerprint density at radius 2 is 2.36 bits per heavy atom.